The largest absolute Gasteiger partial charge is 0.444 e. The Morgan fingerprint density at radius 2 is 1.74 bits per heavy atom. The fourth-order valence-corrected chi connectivity index (χ4v) is 2.22. The third-order valence-corrected chi connectivity index (χ3v) is 3.61. The maximum atomic E-state index is 12.3. The molecular formula is C16H31N3O4. The Morgan fingerprint density at radius 3 is 2.26 bits per heavy atom. The molecule has 1 aliphatic rings. The maximum Gasteiger partial charge on any atom is 0.408 e. The molecule has 0 aromatic heterocycles. The number of nitrogens with one attached hydrogen (secondary N) is 2. The summed E-state index contributed by atoms with van der Waals surface area (Å²) >= 11 is 0. The van der Waals surface area contributed by atoms with Crippen molar-refractivity contribution in [3.8, 4) is 0 Å². The molecular weight excluding hydrogens is 298 g/mol. The fourth-order valence-electron chi connectivity index (χ4n) is 2.22. The summed E-state index contributed by atoms with van der Waals surface area (Å²) in [6, 6.07) is 0.222. The molecule has 0 radical (unpaired) electrons. The highest BCUT2D eigenvalue weighted by molar-refractivity contribution is 5.89. The average Bonchev–Trinajstić information content (AvgIpc) is 2.42. The van der Waals surface area contributed by atoms with Gasteiger partial charge in [-0.25, -0.2) is 4.79 Å². The van der Waals surface area contributed by atoms with Crippen LogP contribution in [0.3, 0.4) is 0 Å². The summed E-state index contributed by atoms with van der Waals surface area (Å²) < 4.78 is 10.5. The lowest BCUT2D eigenvalue weighted by Gasteiger charge is -2.33. The third-order valence-electron chi connectivity index (χ3n) is 3.61. The van der Waals surface area contributed by atoms with Gasteiger partial charge >= 0.3 is 6.09 Å². The number of hydrogen-bond acceptors (Lipinski definition) is 5. The fraction of sp³-hybridized carbons (Fsp3) is 0.875. The number of morpholine rings is 1. The molecule has 1 atom stereocenters. The Bertz CT molecular complexity index is 412. The lowest BCUT2D eigenvalue weighted by molar-refractivity contribution is -0.126. The summed E-state index contributed by atoms with van der Waals surface area (Å²) in [5.74, 6) is -0.233. The van der Waals surface area contributed by atoms with Crippen molar-refractivity contribution in [1.29, 1.82) is 0 Å². The first kappa shape index (κ1) is 19.7. The smallest absolute Gasteiger partial charge is 0.408 e. The highest BCUT2D eigenvalue weighted by Gasteiger charge is 2.32. The van der Waals surface area contributed by atoms with Crippen molar-refractivity contribution in [3.05, 3.63) is 0 Å². The van der Waals surface area contributed by atoms with Crippen molar-refractivity contribution >= 4 is 12.0 Å². The molecule has 0 aromatic carbocycles. The first-order chi connectivity index (χ1) is 10.5. The van der Waals surface area contributed by atoms with Gasteiger partial charge in [0.15, 0.2) is 0 Å². The highest BCUT2D eigenvalue weighted by atomic mass is 16.6. The molecule has 7 nitrogen and oxygen atoms in total. The zero-order valence-electron chi connectivity index (χ0n) is 15.2. The first-order valence-corrected chi connectivity index (χ1v) is 8.12. The van der Waals surface area contributed by atoms with E-state index in [1.165, 1.54) is 0 Å². The molecule has 7 heteroatoms. The molecule has 1 heterocycles. The molecule has 134 valence electrons. The minimum Gasteiger partial charge on any atom is -0.444 e. The second kappa shape index (κ2) is 7.97. The van der Waals surface area contributed by atoms with E-state index in [1.807, 2.05) is 0 Å². The second-order valence-corrected chi connectivity index (χ2v) is 7.46. The van der Waals surface area contributed by atoms with Crippen molar-refractivity contribution < 1.29 is 19.1 Å². The van der Waals surface area contributed by atoms with Crippen LogP contribution in [-0.4, -0.2) is 66.9 Å². The number of carbonyl (C=O) groups excluding carboxylic acids is 2. The summed E-state index contributed by atoms with van der Waals surface area (Å²) in [4.78, 5) is 26.4. The zero-order chi connectivity index (χ0) is 17.7. The maximum absolute atomic E-state index is 12.3. The number of amides is 2. The van der Waals surface area contributed by atoms with Crippen LogP contribution in [0.5, 0.6) is 0 Å². The topological polar surface area (TPSA) is 79.9 Å². The van der Waals surface area contributed by atoms with Crippen LogP contribution in [0.4, 0.5) is 4.79 Å². The van der Waals surface area contributed by atoms with Crippen LogP contribution >= 0.6 is 0 Å². The lowest BCUT2D eigenvalue weighted by Crippen LogP contribution is -2.57. The van der Waals surface area contributed by atoms with E-state index < -0.39 is 17.2 Å². The number of rotatable bonds is 5. The van der Waals surface area contributed by atoms with Crippen LogP contribution < -0.4 is 10.6 Å². The van der Waals surface area contributed by atoms with Gasteiger partial charge in [-0.15, -0.1) is 0 Å². The van der Waals surface area contributed by atoms with Gasteiger partial charge in [0, 0.05) is 25.7 Å². The van der Waals surface area contributed by atoms with Crippen LogP contribution in [0.1, 0.15) is 41.5 Å². The minimum atomic E-state index is -1.03. The highest BCUT2D eigenvalue weighted by Crippen LogP contribution is 2.10. The quantitative estimate of drug-likeness (QED) is 0.790. The Morgan fingerprint density at radius 1 is 1.17 bits per heavy atom. The molecule has 0 aromatic rings. The van der Waals surface area contributed by atoms with Crippen molar-refractivity contribution in [2.45, 2.75) is 58.7 Å². The number of hydrogen-bond donors (Lipinski definition) is 2. The molecule has 0 bridgehead atoms. The summed E-state index contributed by atoms with van der Waals surface area (Å²) in [5.41, 5.74) is -1.63. The first-order valence-electron chi connectivity index (χ1n) is 8.12. The average molecular weight is 329 g/mol. The van der Waals surface area contributed by atoms with Crippen molar-refractivity contribution in [1.82, 2.24) is 15.5 Å². The molecule has 2 amide bonds. The van der Waals surface area contributed by atoms with E-state index in [4.69, 9.17) is 9.47 Å². The molecule has 0 saturated carbocycles. The number of carbonyl (C=O) groups is 2. The van der Waals surface area contributed by atoms with Crippen molar-refractivity contribution in [3.63, 3.8) is 0 Å². The van der Waals surface area contributed by atoms with Crippen molar-refractivity contribution in [2.24, 2.45) is 0 Å². The van der Waals surface area contributed by atoms with E-state index in [0.717, 1.165) is 26.3 Å². The number of ether oxygens (including phenoxy) is 2. The van der Waals surface area contributed by atoms with Gasteiger partial charge in [-0.1, -0.05) is 0 Å². The zero-order valence-corrected chi connectivity index (χ0v) is 15.2. The van der Waals surface area contributed by atoms with Gasteiger partial charge in [0.2, 0.25) is 5.91 Å². The SMILES string of the molecule is C[C@@H](CNC(=O)C(C)(C)NC(=O)OC(C)(C)C)N1CCOCC1. The number of nitrogens with zero attached hydrogens (tertiary/aromatic N) is 1. The van der Waals surface area contributed by atoms with Gasteiger partial charge in [0.1, 0.15) is 11.1 Å². The van der Waals surface area contributed by atoms with E-state index in [0.29, 0.717) is 6.54 Å². The summed E-state index contributed by atoms with van der Waals surface area (Å²) in [7, 11) is 0. The molecule has 0 unspecified atom stereocenters. The normalized spacial score (nSPS) is 18.2. The van der Waals surface area contributed by atoms with E-state index in [1.54, 1.807) is 34.6 Å². The molecule has 2 N–H and O–H groups in total. The summed E-state index contributed by atoms with van der Waals surface area (Å²) in [5, 5.41) is 5.51. The number of alkyl carbamates (subject to hydrolysis) is 1. The van der Waals surface area contributed by atoms with Gasteiger partial charge in [0.05, 0.1) is 13.2 Å². The molecule has 0 aliphatic carbocycles. The van der Waals surface area contributed by atoms with Crippen LogP contribution in [0.2, 0.25) is 0 Å². The Hall–Kier alpha value is -1.34. The molecule has 23 heavy (non-hydrogen) atoms. The third kappa shape index (κ3) is 7.18. The van der Waals surface area contributed by atoms with E-state index in [-0.39, 0.29) is 11.9 Å². The van der Waals surface area contributed by atoms with Gasteiger partial charge < -0.3 is 20.1 Å². The standard InChI is InChI=1S/C16H31N3O4/c1-12(19-7-9-22-10-8-19)11-17-13(20)16(5,6)18-14(21)23-15(2,3)4/h12H,7-11H2,1-6H3,(H,17,20)(H,18,21)/t12-/m0/s1. The molecule has 0 spiro atoms. The van der Waals surface area contributed by atoms with Crippen molar-refractivity contribution in [2.75, 3.05) is 32.8 Å². The van der Waals surface area contributed by atoms with Gasteiger partial charge in [-0.2, -0.15) is 0 Å². The summed E-state index contributed by atoms with van der Waals surface area (Å²) in [6.07, 6.45) is -0.598. The summed E-state index contributed by atoms with van der Waals surface area (Å²) in [6.45, 7) is 14.5. The van der Waals surface area contributed by atoms with E-state index in [2.05, 4.69) is 22.5 Å². The Balaban J connectivity index is 2.43. The molecule has 1 saturated heterocycles. The van der Waals surface area contributed by atoms with Gasteiger partial charge in [-0.3, -0.25) is 9.69 Å². The Kier molecular flexibility index (Phi) is 6.83. The molecule has 1 rings (SSSR count). The monoisotopic (exact) mass is 329 g/mol. The van der Waals surface area contributed by atoms with E-state index >= 15 is 0 Å². The predicted octanol–water partition coefficient (Wildman–Crippen LogP) is 1.13. The van der Waals surface area contributed by atoms with Crippen LogP contribution in [0.15, 0.2) is 0 Å². The molecule has 1 fully saturated rings. The molecule has 1 aliphatic heterocycles. The van der Waals surface area contributed by atoms with E-state index in [9.17, 15) is 9.59 Å². The van der Waals surface area contributed by atoms with Gasteiger partial charge in [0.25, 0.3) is 0 Å². The Labute approximate surface area is 139 Å². The van der Waals surface area contributed by atoms with Crippen LogP contribution in [0.25, 0.3) is 0 Å². The van der Waals surface area contributed by atoms with Gasteiger partial charge in [-0.05, 0) is 41.5 Å². The lowest BCUT2D eigenvalue weighted by atomic mass is 10.0. The van der Waals surface area contributed by atoms with Crippen LogP contribution in [0, 0.1) is 0 Å². The van der Waals surface area contributed by atoms with Crippen LogP contribution in [-0.2, 0) is 14.3 Å². The predicted molar refractivity (Wildman–Crippen MR) is 88.3 cm³/mol. The minimum absolute atomic E-state index is 0.222. The second-order valence-electron chi connectivity index (χ2n) is 7.46.